The minimum absolute atomic E-state index is 0.0903. The minimum atomic E-state index is -1.99. The molecule has 41 heavy (non-hydrogen) atoms. The van der Waals surface area contributed by atoms with Gasteiger partial charge >= 0.3 is 0 Å². The second-order valence-electron chi connectivity index (χ2n) is 10.8. The SMILES string of the molecule is CCN1C(=O)[C@H]2[C@H](CC=C3[C@H]2C[C@@]2(Cl)C(=O)N(c4ccc(F)cc4)C(=O)[C@@]2(Cl)[C@H]3c2ccc(OCCO)cc2)C1=O. The molecule has 2 aromatic carbocycles. The third kappa shape index (κ3) is 3.82. The molecule has 1 N–H and O–H groups in total. The first-order valence-corrected chi connectivity index (χ1v) is 14.2. The number of aliphatic hydroxyl groups is 1. The summed E-state index contributed by atoms with van der Waals surface area (Å²) in [5.41, 5.74) is 1.38. The van der Waals surface area contributed by atoms with Gasteiger partial charge in [0.1, 0.15) is 18.2 Å². The number of carbonyl (C=O) groups is 4. The third-order valence-corrected chi connectivity index (χ3v) is 10.3. The van der Waals surface area contributed by atoms with Gasteiger partial charge in [-0.25, -0.2) is 9.29 Å². The number of ether oxygens (including phenoxy) is 1. The fourth-order valence-electron chi connectivity index (χ4n) is 7.07. The van der Waals surface area contributed by atoms with Crippen molar-refractivity contribution in [1.82, 2.24) is 4.90 Å². The smallest absolute Gasteiger partial charge is 0.258 e. The molecule has 8 nitrogen and oxygen atoms in total. The Morgan fingerprint density at radius 2 is 1.66 bits per heavy atom. The lowest BCUT2D eigenvalue weighted by Crippen LogP contribution is -2.60. The van der Waals surface area contributed by atoms with Gasteiger partial charge in [-0.15, -0.1) is 23.2 Å². The number of anilines is 1. The number of nitrogens with zero attached hydrogens (tertiary/aromatic N) is 2. The van der Waals surface area contributed by atoms with Gasteiger partial charge in [0.25, 0.3) is 11.8 Å². The van der Waals surface area contributed by atoms with E-state index in [4.69, 9.17) is 33.0 Å². The maximum atomic E-state index is 14.3. The van der Waals surface area contributed by atoms with Gasteiger partial charge in [0.2, 0.25) is 11.8 Å². The number of hydrogen-bond acceptors (Lipinski definition) is 6. The summed E-state index contributed by atoms with van der Waals surface area (Å²) in [6.07, 6.45) is 2.03. The molecule has 2 aliphatic carbocycles. The van der Waals surface area contributed by atoms with Crippen LogP contribution in [0.25, 0.3) is 0 Å². The van der Waals surface area contributed by atoms with Gasteiger partial charge in [-0.2, -0.15) is 0 Å². The van der Waals surface area contributed by atoms with Crippen LogP contribution in [0.4, 0.5) is 10.1 Å². The molecule has 2 aromatic rings. The van der Waals surface area contributed by atoms with Crippen molar-refractivity contribution < 1.29 is 33.4 Å². The van der Waals surface area contributed by atoms with Crippen LogP contribution in [0.3, 0.4) is 0 Å². The molecule has 6 atom stereocenters. The number of amides is 4. The van der Waals surface area contributed by atoms with Crippen LogP contribution in [-0.4, -0.2) is 63.1 Å². The highest BCUT2D eigenvalue weighted by molar-refractivity contribution is 6.58. The molecule has 4 aliphatic rings. The molecule has 0 bridgehead atoms. The van der Waals surface area contributed by atoms with E-state index in [2.05, 4.69) is 0 Å². The van der Waals surface area contributed by atoms with Gasteiger partial charge in [0.05, 0.1) is 24.1 Å². The monoisotopic (exact) mass is 600 g/mol. The standard InChI is InChI=1S/C30H27Cl2FN2O6/c1-2-34-25(37)21-12-11-20-22(23(21)26(34)38)15-29(31)27(39)35(18-7-5-17(33)6-8-18)28(40)30(29,32)24(20)16-3-9-19(10-4-16)41-14-13-36/h3-11,21-24,36H,2,12-15H2,1H3/t21-,22+,23-,24-,29+,30-/m0/s1. The molecule has 11 heteroatoms. The lowest BCUT2D eigenvalue weighted by molar-refractivity contribution is -0.140. The van der Waals surface area contributed by atoms with Crippen molar-refractivity contribution in [2.24, 2.45) is 17.8 Å². The number of likely N-dealkylation sites (tertiary alicyclic amines) is 1. The first-order valence-electron chi connectivity index (χ1n) is 13.5. The van der Waals surface area contributed by atoms with Crippen molar-refractivity contribution in [3.8, 4) is 5.75 Å². The van der Waals surface area contributed by atoms with Crippen LogP contribution >= 0.6 is 23.2 Å². The largest absolute Gasteiger partial charge is 0.491 e. The van der Waals surface area contributed by atoms with Crippen LogP contribution in [0.5, 0.6) is 5.75 Å². The summed E-state index contributed by atoms with van der Waals surface area (Å²) in [4.78, 5) is 53.2. The molecule has 2 saturated heterocycles. The fraction of sp³-hybridized carbons (Fsp3) is 0.400. The highest BCUT2D eigenvalue weighted by Gasteiger charge is 2.76. The van der Waals surface area contributed by atoms with E-state index in [-0.39, 0.29) is 50.1 Å². The van der Waals surface area contributed by atoms with Gasteiger partial charge in [-0.1, -0.05) is 23.8 Å². The summed E-state index contributed by atoms with van der Waals surface area (Å²) >= 11 is 14.6. The Kier molecular flexibility index (Phi) is 6.75. The number of aliphatic hydroxyl groups excluding tert-OH is 1. The first-order chi connectivity index (χ1) is 19.6. The summed E-state index contributed by atoms with van der Waals surface area (Å²) < 4.78 is 19.2. The van der Waals surface area contributed by atoms with E-state index in [1.807, 2.05) is 6.08 Å². The Morgan fingerprint density at radius 3 is 2.29 bits per heavy atom. The predicted octanol–water partition coefficient (Wildman–Crippen LogP) is 3.78. The van der Waals surface area contributed by atoms with Crippen LogP contribution in [0.1, 0.15) is 31.2 Å². The Morgan fingerprint density at radius 1 is 0.976 bits per heavy atom. The van der Waals surface area contributed by atoms with Crippen molar-refractivity contribution in [2.75, 3.05) is 24.7 Å². The Bertz CT molecular complexity index is 1480. The highest BCUT2D eigenvalue weighted by atomic mass is 35.5. The normalized spacial score (nSPS) is 32.6. The maximum absolute atomic E-state index is 14.3. The molecule has 0 radical (unpaired) electrons. The number of fused-ring (bicyclic) bond motifs is 4. The first kappa shape index (κ1) is 27.9. The molecular weight excluding hydrogens is 574 g/mol. The second-order valence-corrected chi connectivity index (χ2v) is 12.1. The maximum Gasteiger partial charge on any atom is 0.258 e. The lowest BCUT2D eigenvalue weighted by Gasteiger charge is -2.50. The molecule has 0 aromatic heterocycles. The molecular formula is C30H27Cl2FN2O6. The Labute approximate surface area is 245 Å². The number of hydrogen-bond donors (Lipinski definition) is 1. The average Bonchev–Trinajstić information content (AvgIpc) is 3.30. The summed E-state index contributed by atoms with van der Waals surface area (Å²) in [6.45, 7) is 1.89. The van der Waals surface area contributed by atoms with Gasteiger partial charge < -0.3 is 9.84 Å². The van der Waals surface area contributed by atoms with Gasteiger partial charge in [0.15, 0.2) is 9.75 Å². The van der Waals surface area contributed by atoms with Crippen molar-refractivity contribution in [1.29, 1.82) is 0 Å². The molecule has 4 amide bonds. The third-order valence-electron chi connectivity index (χ3n) is 8.88. The summed E-state index contributed by atoms with van der Waals surface area (Å²) in [5.74, 6) is -5.02. The van der Waals surface area contributed by atoms with Crippen molar-refractivity contribution in [3.05, 3.63) is 71.6 Å². The Hall–Kier alpha value is -3.27. The number of rotatable bonds is 6. The van der Waals surface area contributed by atoms with Crippen LogP contribution in [-0.2, 0) is 19.2 Å². The van der Waals surface area contributed by atoms with Gasteiger partial charge in [0, 0.05) is 12.5 Å². The van der Waals surface area contributed by atoms with E-state index in [0.29, 0.717) is 16.9 Å². The van der Waals surface area contributed by atoms with Crippen molar-refractivity contribution in [3.63, 3.8) is 0 Å². The number of benzene rings is 2. The molecule has 1 saturated carbocycles. The summed E-state index contributed by atoms with van der Waals surface area (Å²) in [5, 5.41) is 9.11. The highest BCUT2D eigenvalue weighted by Crippen LogP contribution is 2.65. The number of imide groups is 2. The number of allylic oxidation sites excluding steroid dienone is 2. The fourth-order valence-corrected chi connectivity index (χ4v) is 8.00. The van der Waals surface area contributed by atoms with E-state index in [1.165, 1.54) is 17.0 Å². The predicted molar refractivity (Wildman–Crippen MR) is 148 cm³/mol. The molecule has 6 rings (SSSR count). The molecule has 2 heterocycles. The van der Waals surface area contributed by atoms with Gasteiger partial charge in [-0.05, 0) is 67.6 Å². The molecule has 2 aliphatic heterocycles. The van der Waals surface area contributed by atoms with Crippen molar-refractivity contribution >= 4 is 52.5 Å². The summed E-state index contributed by atoms with van der Waals surface area (Å²) in [6, 6.07) is 11.7. The van der Waals surface area contributed by atoms with E-state index < -0.39 is 51.1 Å². The molecule has 0 unspecified atom stereocenters. The second kappa shape index (κ2) is 9.93. The van der Waals surface area contributed by atoms with Crippen LogP contribution in [0.15, 0.2) is 60.2 Å². The number of halogens is 3. The van der Waals surface area contributed by atoms with E-state index in [9.17, 15) is 23.6 Å². The van der Waals surface area contributed by atoms with Crippen molar-refractivity contribution in [2.45, 2.75) is 35.4 Å². The van der Waals surface area contributed by atoms with E-state index in [0.717, 1.165) is 17.0 Å². The quantitative estimate of drug-likeness (QED) is 0.307. The zero-order valence-corrected chi connectivity index (χ0v) is 23.6. The summed E-state index contributed by atoms with van der Waals surface area (Å²) in [7, 11) is 0. The number of carbonyl (C=O) groups excluding carboxylic acids is 4. The van der Waals surface area contributed by atoms with E-state index >= 15 is 0 Å². The molecule has 0 spiro atoms. The van der Waals surface area contributed by atoms with Gasteiger partial charge in [-0.3, -0.25) is 24.1 Å². The topological polar surface area (TPSA) is 104 Å². The van der Waals surface area contributed by atoms with Crippen LogP contribution < -0.4 is 9.64 Å². The Balaban J connectivity index is 1.52. The zero-order valence-electron chi connectivity index (χ0n) is 22.1. The van der Waals surface area contributed by atoms with Crippen LogP contribution in [0.2, 0.25) is 0 Å². The molecule has 3 fully saturated rings. The minimum Gasteiger partial charge on any atom is -0.491 e. The number of alkyl halides is 2. The lowest BCUT2D eigenvalue weighted by atomic mass is 9.56. The average molecular weight is 601 g/mol. The van der Waals surface area contributed by atoms with E-state index in [1.54, 1.807) is 31.2 Å². The molecule has 214 valence electrons. The van der Waals surface area contributed by atoms with Crippen LogP contribution in [0, 0.1) is 23.6 Å². The zero-order chi connectivity index (χ0) is 29.3.